The van der Waals surface area contributed by atoms with Crippen LogP contribution in [0.2, 0.25) is 0 Å². The van der Waals surface area contributed by atoms with Gasteiger partial charge in [-0.15, -0.1) is 0 Å². The maximum absolute atomic E-state index is 12.9. The van der Waals surface area contributed by atoms with Crippen LogP contribution in [0.3, 0.4) is 0 Å². The van der Waals surface area contributed by atoms with Gasteiger partial charge >= 0.3 is 5.97 Å². The smallest absolute Gasteiger partial charge is 0.320 e. The first-order valence-corrected chi connectivity index (χ1v) is 8.70. The Hall–Kier alpha value is -1.06. The number of carbonyl (C=O) groups excluding carboxylic acids is 1. The second-order valence-electron chi connectivity index (χ2n) is 6.51. The molecule has 1 saturated carbocycles. The average Bonchev–Trinajstić information content (AvgIpc) is 3.08. The molecule has 1 aromatic rings. The number of halogens is 1. The fourth-order valence-corrected chi connectivity index (χ4v) is 3.62. The Balaban J connectivity index is 0.00000264. The predicted molar refractivity (Wildman–Crippen MR) is 89.4 cm³/mol. The van der Waals surface area contributed by atoms with E-state index in [0.717, 1.165) is 55.4 Å². The van der Waals surface area contributed by atoms with Gasteiger partial charge in [0.15, 0.2) is 0 Å². The number of quaternary nitrogens is 1. The normalized spacial score (nSPS) is 16.7. The number of carbonyl (C=O) groups is 1. The lowest BCUT2D eigenvalue weighted by molar-refractivity contribution is -0.939. The summed E-state index contributed by atoms with van der Waals surface area (Å²) in [5.74, 6) is -0.0194. The van der Waals surface area contributed by atoms with Gasteiger partial charge in [0, 0.05) is 0 Å². The summed E-state index contributed by atoms with van der Waals surface area (Å²) in [7, 11) is 0. The van der Waals surface area contributed by atoms with Gasteiger partial charge in [-0.25, -0.2) is 0 Å². The highest BCUT2D eigenvalue weighted by Gasteiger charge is 2.44. The quantitative estimate of drug-likeness (QED) is 0.419. The molecule has 3 nitrogen and oxygen atoms in total. The van der Waals surface area contributed by atoms with Crippen LogP contribution in [0.1, 0.15) is 52.0 Å². The molecule has 0 atom stereocenters. The number of nitrogens with zero attached hydrogens (tertiary/aromatic N) is 1. The van der Waals surface area contributed by atoms with Crippen molar-refractivity contribution in [1.29, 1.82) is 0 Å². The third kappa shape index (κ3) is 4.07. The molecular weight excluding hydrogens is 310 g/mol. The monoisotopic (exact) mass is 339 g/mol. The van der Waals surface area contributed by atoms with Gasteiger partial charge in [0.2, 0.25) is 6.73 Å². The Morgan fingerprint density at radius 3 is 2.04 bits per heavy atom. The van der Waals surface area contributed by atoms with Crippen molar-refractivity contribution in [3.8, 4) is 0 Å². The maximum atomic E-state index is 12.9. The first-order valence-electron chi connectivity index (χ1n) is 8.70. The van der Waals surface area contributed by atoms with Gasteiger partial charge in [0.25, 0.3) is 0 Å². The number of ether oxygens (including phenoxy) is 1. The van der Waals surface area contributed by atoms with Crippen LogP contribution in [0.15, 0.2) is 30.3 Å². The van der Waals surface area contributed by atoms with Crippen LogP contribution in [0, 0.1) is 0 Å². The van der Waals surface area contributed by atoms with Crippen LogP contribution in [-0.4, -0.2) is 36.8 Å². The van der Waals surface area contributed by atoms with Crippen LogP contribution in [0.25, 0.3) is 0 Å². The van der Waals surface area contributed by atoms with Crippen molar-refractivity contribution in [3.63, 3.8) is 0 Å². The summed E-state index contributed by atoms with van der Waals surface area (Å²) < 4.78 is 6.70. The molecule has 0 spiro atoms. The number of hydrogen-bond acceptors (Lipinski definition) is 2. The average molecular weight is 340 g/mol. The molecule has 23 heavy (non-hydrogen) atoms. The topological polar surface area (TPSA) is 26.3 Å². The zero-order valence-corrected chi connectivity index (χ0v) is 15.4. The van der Waals surface area contributed by atoms with Crippen molar-refractivity contribution in [1.82, 2.24) is 0 Å². The van der Waals surface area contributed by atoms with Crippen LogP contribution in [0.5, 0.6) is 0 Å². The summed E-state index contributed by atoms with van der Waals surface area (Å²) in [5.41, 5.74) is 0.715. The highest BCUT2D eigenvalue weighted by molar-refractivity contribution is 5.83. The van der Waals surface area contributed by atoms with Crippen molar-refractivity contribution >= 4 is 5.97 Å². The molecule has 1 fully saturated rings. The minimum atomic E-state index is -0.411. The molecule has 0 bridgehead atoms. The van der Waals surface area contributed by atoms with Crippen LogP contribution in [0.4, 0.5) is 0 Å². The number of esters is 1. The van der Waals surface area contributed by atoms with E-state index in [2.05, 4.69) is 32.9 Å². The Kier molecular flexibility index (Phi) is 7.56. The van der Waals surface area contributed by atoms with Gasteiger partial charge < -0.3 is 17.1 Å². The molecule has 1 aliphatic carbocycles. The van der Waals surface area contributed by atoms with Crippen molar-refractivity contribution in [2.24, 2.45) is 0 Å². The third-order valence-corrected chi connectivity index (χ3v) is 5.66. The number of benzene rings is 1. The summed E-state index contributed by atoms with van der Waals surface area (Å²) in [6, 6.07) is 10.2. The lowest BCUT2D eigenvalue weighted by atomic mass is 9.79. The van der Waals surface area contributed by atoms with Crippen molar-refractivity contribution < 1.29 is 26.4 Å². The Morgan fingerprint density at radius 2 is 1.57 bits per heavy atom. The molecule has 0 unspecified atom stereocenters. The van der Waals surface area contributed by atoms with Gasteiger partial charge in [-0.2, -0.15) is 0 Å². The van der Waals surface area contributed by atoms with Crippen LogP contribution < -0.4 is 12.4 Å². The molecule has 0 N–H and O–H groups in total. The number of hydrogen-bond donors (Lipinski definition) is 0. The molecule has 0 saturated heterocycles. The van der Waals surface area contributed by atoms with E-state index in [1.54, 1.807) is 0 Å². The highest BCUT2D eigenvalue weighted by atomic mass is 35.5. The second kappa shape index (κ2) is 8.70. The molecule has 0 aromatic heterocycles. The van der Waals surface area contributed by atoms with Crippen molar-refractivity contribution in [2.45, 2.75) is 51.9 Å². The summed E-state index contributed by atoms with van der Waals surface area (Å²) in [5, 5.41) is 0. The van der Waals surface area contributed by atoms with E-state index < -0.39 is 5.41 Å². The zero-order valence-electron chi connectivity index (χ0n) is 14.7. The molecule has 1 aromatic carbocycles. The summed E-state index contributed by atoms with van der Waals surface area (Å²) in [6.45, 7) is 10.0. The molecule has 2 rings (SSSR count). The molecule has 4 heteroatoms. The molecule has 0 heterocycles. The largest absolute Gasteiger partial charge is 1.00 e. The van der Waals surface area contributed by atoms with E-state index in [0.29, 0.717) is 6.73 Å². The van der Waals surface area contributed by atoms with Gasteiger partial charge in [-0.05, 0) is 39.2 Å². The Morgan fingerprint density at radius 1 is 1.04 bits per heavy atom. The van der Waals surface area contributed by atoms with Crippen molar-refractivity contribution in [2.75, 3.05) is 26.4 Å². The van der Waals surface area contributed by atoms with E-state index in [1.807, 2.05) is 18.2 Å². The standard InChI is InChI=1S/C19H30NO2.ClH/c1-4-20(5-2,6-3)16-22-18(21)19(14-10-11-15-19)17-12-8-7-9-13-17;/h7-9,12-13H,4-6,10-11,14-16H2,1-3H3;1H/q+1;/p-1. The maximum Gasteiger partial charge on any atom is 0.320 e. The molecule has 1 aliphatic rings. The van der Waals surface area contributed by atoms with Gasteiger partial charge in [0.05, 0.1) is 25.0 Å². The fraction of sp³-hybridized carbons (Fsp3) is 0.632. The van der Waals surface area contributed by atoms with Crippen LogP contribution >= 0.6 is 0 Å². The Labute approximate surface area is 147 Å². The second-order valence-corrected chi connectivity index (χ2v) is 6.51. The lowest BCUT2D eigenvalue weighted by Gasteiger charge is -2.36. The third-order valence-electron chi connectivity index (χ3n) is 5.66. The molecule has 0 aliphatic heterocycles. The minimum absolute atomic E-state index is 0. The summed E-state index contributed by atoms with van der Waals surface area (Å²) >= 11 is 0. The minimum Gasteiger partial charge on any atom is -1.00 e. The summed E-state index contributed by atoms with van der Waals surface area (Å²) in [4.78, 5) is 12.9. The van der Waals surface area contributed by atoms with E-state index >= 15 is 0 Å². The first kappa shape index (κ1) is 20.0. The molecule has 0 amide bonds. The van der Waals surface area contributed by atoms with E-state index in [-0.39, 0.29) is 18.4 Å². The SMILES string of the molecule is CC[N+](CC)(CC)COC(=O)C1(c2ccccc2)CCCC1.[Cl-]. The van der Waals surface area contributed by atoms with Crippen LogP contribution in [-0.2, 0) is 14.9 Å². The van der Waals surface area contributed by atoms with Gasteiger partial charge in [0.1, 0.15) is 0 Å². The zero-order chi connectivity index (χ0) is 16.1. The van der Waals surface area contributed by atoms with E-state index in [1.165, 1.54) is 0 Å². The van der Waals surface area contributed by atoms with Crippen molar-refractivity contribution in [3.05, 3.63) is 35.9 Å². The van der Waals surface area contributed by atoms with Gasteiger partial charge in [-0.3, -0.25) is 9.28 Å². The molecule has 0 radical (unpaired) electrons. The highest BCUT2D eigenvalue weighted by Crippen LogP contribution is 2.42. The van der Waals surface area contributed by atoms with E-state index in [4.69, 9.17) is 4.74 Å². The van der Waals surface area contributed by atoms with Gasteiger partial charge in [-0.1, -0.05) is 43.2 Å². The fourth-order valence-electron chi connectivity index (χ4n) is 3.62. The lowest BCUT2D eigenvalue weighted by Crippen LogP contribution is -3.00. The predicted octanol–water partition coefficient (Wildman–Crippen LogP) is 0.880. The molecule has 130 valence electrons. The number of rotatable bonds is 7. The van der Waals surface area contributed by atoms with E-state index in [9.17, 15) is 4.79 Å². The first-order chi connectivity index (χ1) is 10.6. The molecular formula is C19H30ClNO2. The summed E-state index contributed by atoms with van der Waals surface area (Å²) in [6.07, 6.45) is 4.05. The Bertz CT molecular complexity index is 471.